The van der Waals surface area contributed by atoms with Crippen LogP contribution in [0.4, 0.5) is 0 Å². The van der Waals surface area contributed by atoms with Crippen molar-refractivity contribution in [2.24, 2.45) is 10.9 Å². The Hall–Kier alpha value is -1.69. The summed E-state index contributed by atoms with van der Waals surface area (Å²) in [5.74, 6) is 0.706. The molecule has 1 aromatic carbocycles. The van der Waals surface area contributed by atoms with E-state index in [1.54, 1.807) is 23.9 Å². The van der Waals surface area contributed by atoms with Gasteiger partial charge in [-0.15, -0.1) is 0 Å². The standard InChI is InChI=1S/C14H21N3O2S/c1-3-20-9-10(2)16-14(18)12(13(15)17-19)11-7-5-4-6-8-11/h4-8,10,12,19H,3,9H2,1-2H3,(H2,15,17)(H,16,18). The van der Waals surface area contributed by atoms with Crippen LogP contribution in [0.5, 0.6) is 0 Å². The van der Waals surface area contributed by atoms with Crippen LogP contribution in [0.1, 0.15) is 25.3 Å². The van der Waals surface area contributed by atoms with Gasteiger partial charge in [0.05, 0.1) is 0 Å². The topological polar surface area (TPSA) is 87.7 Å². The van der Waals surface area contributed by atoms with E-state index >= 15 is 0 Å². The molecule has 0 aliphatic carbocycles. The molecule has 0 spiro atoms. The normalized spacial score (nSPS) is 14.6. The summed E-state index contributed by atoms with van der Waals surface area (Å²) in [6.07, 6.45) is 0. The van der Waals surface area contributed by atoms with E-state index in [9.17, 15) is 4.79 Å². The van der Waals surface area contributed by atoms with Gasteiger partial charge in [0.2, 0.25) is 5.91 Å². The van der Waals surface area contributed by atoms with Crippen molar-refractivity contribution in [3.63, 3.8) is 0 Å². The van der Waals surface area contributed by atoms with E-state index in [2.05, 4.69) is 17.4 Å². The molecule has 5 nitrogen and oxygen atoms in total. The number of oxime groups is 1. The van der Waals surface area contributed by atoms with Gasteiger partial charge in [0.25, 0.3) is 0 Å². The summed E-state index contributed by atoms with van der Waals surface area (Å²) in [6.45, 7) is 4.01. The zero-order valence-electron chi connectivity index (χ0n) is 11.7. The first-order valence-electron chi connectivity index (χ1n) is 6.50. The number of carbonyl (C=O) groups excluding carboxylic acids is 1. The highest BCUT2D eigenvalue weighted by atomic mass is 32.2. The molecule has 0 aromatic heterocycles. The Labute approximate surface area is 123 Å². The molecule has 1 aromatic rings. The first-order chi connectivity index (χ1) is 9.60. The smallest absolute Gasteiger partial charge is 0.235 e. The maximum absolute atomic E-state index is 12.3. The highest BCUT2D eigenvalue weighted by Gasteiger charge is 2.26. The Morgan fingerprint density at radius 2 is 2.10 bits per heavy atom. The van der Waals surface area contributed by atoms with E-state index in [1.165, 1.54) is 0 Å². The summed E-state index contributed by atoms with van der Waals surface area (Å²) < 4.78 is 0. The van der Waals surface area contributed by atoms with Gasteiger partial charge < -0.3 is 16.3 Å². The van der Waals surface area contributed by atoms with Crippen LogP contribution in [0, 0.1) is 0 Å². The molecule has 4 N–H and O–H groups in total. The SMILES string of the molecule is CCSCC(C)NC(=O)C(/C(N)=N/O)c1ccccc1. The van der Waals surface area contributed by atoms with Gasteiger partial charge >= 0.3 is 0 Å². The van der Waals surface area contributed by atoms with Crippen LogP contribution in [0.15, 0.2) is 35.5 Å². The monoisotopic (exact) mass is 295 g/mol. The Balaban J connectivity index is 2.82. The van der Waals surface area contributed by atoms with Crippen LogP contribution in [-0.4, -0.2) is 34.5 Å². The van der Waals surface area contributed by atoms with Crippen molar-refractivity contribution in [3.05, 3.63) is 35.9 Å². The second-order valence-corrected chi connectivity index (χ2v) is 5.76. The predicted octanol–water partition coefficient (Wildman–Crippen LogP) is 1.77. The third-order valence-electron chi connectivity index (χ3n) is 2.77. The lowest BCUT2D eigenvalue weighted by molar-refractivity contribution is -0.121. The van der Waals surface area contributed by atoms with Gasteiger partial charge in [-0.3, -0.25) is 4.79 Å². The molecule has 20 heavy (non-hydrogen) atoms. The van der Waals surface area contributed by atoms with Gasteiger partial charge in [0.15, 0.2) is 5.84 Å². The van der Waals surface area contributed by atoms with E-state index in [1.807, 2.05) is 25.1 Å². The molecule has 0 radical (unpaired) electrons. The molecule has 1 amide bonds. The second-order valence-electron chi connectivity index (χ2n) is 4.44. The number of rotatable bonds is 7. The molecule has 0 saturated heterocycles. The molecule has 0 saturated carbocycles. The summed E-state index contributed by atoms with van der Waals surface area (Å²) in [5.41, 5.74) is 6.36. The maximum Gasteiger partial charge on any atom is 0.235 e. The van der Waals surface area contributed by atoms with Crippen LogP contribution < -0.4 is 11.1 Å². The Morgan fingerprint density at radius 1 is 1.45 bits per heavy atom. The van der Waals surface area contributed by atoms with Crippen LogP contribution >= 0.6 is 11.8 Å². The summed E-state index contributed by atoms with van der Waals surface area (Å²) in [5, 5.41) is 14.8. The molecule has 2 atom stereocenters. The van der Waals surface area contributed by atoms with Gasteiger partial charge in [0, 0.05) is 11.8 Å². The number of thioether (sulfide) groups is 1. The minimum Gasteiger partial charge on any atom is -0.409 e. The fraction of sp³-hybridized carbons (Fsp3) is 0.429. The Morgan fingerprint density at radius 3 is 2.65 bits per heavy atom. The highest BCUT2D eigenvalue weighted by molar-refractivity contribution is 7.99. The van der Waals surface area contributed by atoms with E-state index in [0.717, 1.165) is 11.5 Å². The van der Waals surface area contributed by atoms with Gasteiger partial charge in [-0.25, -0.2) is 0 Å². The number of nitrogens with zero attached hydrogens (tertiary/aromatic N) is 1. The maximum atomic E-state index is 12.3. The molecule has 0 heterocycles. The molecule has 0 aliphatic heterocycles. The number of hydrogen-bond acceptors (Lipinski definition) is 4. The lowest BCUT2D eigenvalue weighted by atomic mass is 9.97. The van der Waals surface area contributed by atoms with Crippen LogP contribution in [0.2, 0.25) is 0 Å². The highest BCUT2D eigenvalue weighted by Crippen LogP contribution is 2.16. The van der Waals surface area contributed by atoms with Gasteiger partial charge in [-0.2, -0.15) is 11.8 Å². The first kappa shape index (κ1) is 16.4. The quantitative estimate of drug-likeness (QED) is 0.310. The number of benzene rings is 1. The molecule has 0 aliphatic rings. The van der Waals surface area contributed by atoms with Crippen molar-refractivity contribution in [1.82, 2.24) is 5.32 Å². The van der Waals surface area contributed by atoms with Crippen LogP contribution in [0.3, 0.4) is 0 Å². The molecular formula is C14H21N3O2S. The molecular weight excluding hydrogens is 274 g/mol. The van der Waals surface area contributed by atoms with Gasteiger partial charge in [-0.05, 0) is 18.2 Å². The Kier molecular flexibility index (Phi) is 6.93. The minimum atomic E-state index is -0.768. The van der Waals surface area contributed by atoms with E-state index in [0.29, 0.717) is 5.56 Å². The minimum absolute atomic E-state index is 0.0326. The van der Waals surface area contributed by atoms with Crippen LogP contribution in [0.25, 0.3) is 0 Å². The third kappa shape index (κ3) is 4.77. The molecule has 6 heteroatoms. The molecule has 1 rings (SSSR count). The molecule has 0 bridgehead atoms. The van der Waals surface area contributed by atoms with E-state index in [-0.39, 0.29) is 17.8 Å². The van der Waals surface area contributed by atoms with Crippen molar-refractivity contribution >= 4 is 23.5 Å². The number of hydrogen-bond donors (Lipinski definition) is 3. The summed E-state index contributed by atoms with van der Waals surface area (Å²) in [4.78, 5) is 12.3. The van der Waals surface area contributed by atoms with Crippen molar-refractivity contribution in [1.29, 1.82) is 0 Å². The number of carbonyl (C=O) groups is 1. The van der Waals surface area contributed by atoms with Gasteiger partial charge in [-0.1, -0.05) is 42.4 Å². The molecule has 2 unspecified atom stereocenters. The average Bonchev–Trinajstić information content (AvgIpc) is 2.46. The summed E-state index contributed by atoms with van der Waals surface area (Å²) in [7, 11) is 0. The largest absolute Gasteiger partial charge is 0.409 e. The Bertz CT molecular complexity index is 451. The fourth-order valence-corrected chi connectivity index (χ4v) is 2.49. The zero-order chi connectivity index (χ0) is 15.0. The van der Waals surface area contributed by atoms with E-state index < -0.39 is 5.92 Å². The van der Waals surface area contributed by atoms with Crippen molar-refractivity contribution in [2.45, 2.75) is 25.8 Å². The van der Waals surface area contributed by atoms with Crippen molar-refractivity contribution < 1.29 is 10.0 Å². The molecule has 0 fully saturated rings. The molecule has 110 valence electrons. The number of nitrogens with two attached hydrogens (primary N) is 1. The van der Waals surface area contributed by atoms with Crippen molar-refractivity contribution in [3.8, 4) is 0 Å². The first-order valence-corrected chi connectivity index (χ1v) is 7.66. The van der Waals surface area contributed by atoms with Gasteiger partial charge in [0.1, 0.15) is 5.92 Å². The lowest BCUT2D eigenvalue weighted by Gasteiger charge is -2.19. The zero-order valence-corrected chi connectivity index (χ0v) is 12.6. The predicted molar refractivity (Wildman–Crippen MR) is 83.2 cm³/mol. The van der Waals surface area contributed by atoms with Crippen molar-refractivity contribution in [2.75, 3.05) is 11.5 Å². The number of amides is 1. The summed E-state index contributed by atoms with van der Waals surface area (Å²) in [6, 6.07) is 9.09. The van der Waals surface area contributed by atoms with Crippen LogP contribution in [-0.2, 0) is 4.79 Å². The number of nitrogens with one attached hydrogen (secondary N) is 1. The van der Waals surface area contributed by atoms with E-state index in [4.69, 9.17) is 10.9 Å². The lowest BCUT2D eigenvalue weighted by Crippen LogP contribution is -2.42. The average molecular weight is 295 g/mol. The third-order valence-corrected chi connectivity index (χ3v) is 3.91. The number of amidine groups is 1. The fourth-order valence-electron chi connectivity index (χ4n) is 1.82. The summed E-state index contributed by atoms with van der Waals surface area (Å²) >= 11 is 1.75. The second kappa shape index (κ2) is 8.47.